The summed E-state index contributed by atoms with van der Waals surface area (Å²) in [5, 5.41) is 3.39. The van der Waals surface area contributed by atoms with Crippen molar-refractivity contribution >= 4 is 11.9 Å². The molecule has 1 amide bonds. The summed E-state index contributed by atoms with van der Waals surface area (Å²) in [7, 11) is 0. The summed E-state index contributed by atoms with van der Waals surface area (Å²) in [6.07, 6.45) is 4.34. The molecule has 2 aliphatic heterocycles. The Hall–Kier alpha value is -1.69. The Kier molecular flexibility index (Phi) is 4.04. The lowest BCUT2D eigenvalue weighted by Gasteiger charge is -2.31. The van der Waals surface area contributed by atoms with E-state index in [0.29, 0.717) is 25.0 Å². The Morgan fingerprint density at radius 3 is 2.86 bits per heavy atom. The Morgan fingerprint density at radius 1 is 1.45 bits per heavy atom. The third-order valence-corrected chi connectivity index (χ3v) is 4.67. The Labute approximate surface area is 131 Å². The van der Waals surface area contributed by atoms with Crippen molar-refractivity contribution in [3.8, 4) is 0 Å². The van der Waals surface area contributed by atoms with Gasteiger partial charge in [0, 0.05) is 37.4 Å². The van der Waals surface area contributed by atoms with Gasteiger partial charge in [0.05, 0.1) is 17.8 Å². The van der Waals surface area contributed by atoms with E-state index in [1.165, 1.54) is 0 Å². The average molecular weight is 304 g/mol. The minimum absolute atomic E-state index is 0.155. The molecule has 0 atom stereocenters. The fraction of sp³-hybridized carbons (Fsp3) is 0.688. The van der Waals surface area contributed by atoms with Gasteiger partial charge >= 0.3 is 0 Å². The number of rotatable bonds is 3. The van der Waals surface area contributed by atoms with E-state index in [0.717, 1.165) is 37.3 Å². The van der Waals surface area contributed by atoms with Crippen molar-refractivity contribution in [1.82, 2.24) is 14.9 Å². The summed E-state index contributed by atoms with van der Waals surface area (Å²) in [6, 6.07) is 0.370. The van der Waals surface area contributed by atoms with E-state index in [9.17, 15) is 4.79 Å². The lowest BCUT2D eigenvalue weighted by atomic mass is 9.97. The molecule has 1 fully saturated rings. The van der Waals surface area contributed by atoms with Crippen molar-refractivity contribution in [2.45, 2.75) is 58.2 Å². The minimum Gasteiger partial charge on any atom is -0.381 e. The maximum absolute atomic E-state index is 12.1. The smallest absolute Gasteiger partial charge is 0.223 e. The van der Waals surface area contributed by atoms with Gasteiger partial charge in [0.15, 0.2) is 0 Å². The fourth-order valence-corrected chi connectivity index (χ4v) is 3.23. The number of carbonyl (C=O) groups is 1. The molecule has 0 saturated carbocycles. The van der Waals surface area contributed by atoms with Gasteiger partial charge in [0.2, 0.25) is 11.9 Å². The second-order valence-electron chi connectivity index (χ2n) is 6.48. The second kappa shape index (κ2) is 5.83. The molecule has 0 bridgehead atoms. The molecule has 0 radical (unpaired) electrons. The van der Waals surface area contributed by atoms with Gasteiger partial charge in [0.1, 0.15) is 0 Å². The average Bonchev–Trinajstić information content (AvgIpc) is 2.78. The van der Waals surface area contributed by atoms with Crippen LogP contribution in [0.2, 0.25) is 0 Å². The largest absolute Gasteiger partial charge is 0.381 e. The monoisotopic (exact) mass is 304 g/mol. The highest BCUT2D eigenvalue weighted by Crippen LogP contribution is 2.38. The lowest BCUT2D eigenvalue weighted by molar-refractivity contribution is -0.136. The zero-order chi connectivity index (χ0) is 15.7. The molecule has 1 aromatic rings. The van der Waals surface area contributed by atoms with Gasteiger partial charge in [-0.1, -0.05) is 6.92 Å². The van der Waals surface area contributed by atoms with Crippen LogP contribution in [0.5, 0.6) is 0 Å². The molecule has 6 heteroatoms. The van der Waals surface area contributed by atoms with Gasteiger partial charge in [0.25, 0.3) is 0 Å². The minimum atomic E-state index is -0.334. The maximum Gasteiger partial charge on any atom is 0.223 e. The molecule has 0 aromatic carbocycles. The van der Waals surface area contributed by atoms with Crippen molar-refractivity contribution < 1.29 is 9.53 Å². The molecule has 0 aliphatic carbocycles. The number of hydrogen-bond acceptors (Lipinski definition) is 5. The summed E-state index contributed by atoms with van der Waals surface area (Å²) >= 11 is 0. The predicted molar refractivity (Wildman–Crippen MR) is 83.4 cm³/mol. The van der Waals surface area contributed by atoms with Crippen LogP contribution in [0.1, 0.15) is 51.3 Å². The van der Waals surface area contributed by atoms with Crippen LogP contribution >= 0.6 is 0 Å². The van der Waals surface area contributed by atoms with Crippen LogP contribution in [-0.4, -0.2) is 40.0 Å². The number of hydrogen-bond donors (Lipinski definition) is 1. The number of ether oxygens (including phenoxy) is 1. The molecule has 6 nitrogen and oxygen atoms in total. The van der Waals surface area contributed by atoms with Gasteiger partial charge in [-0.3, -0.25) is 4.79 Å². The van der Waals surface area contributed by atoms with E-state index in [4.69, 9.17) is 4.74 Å². The van der Waals surface area contributed by atoms with Crippen molar-refractivity contribution in [1.29, 1.82) is 0 Å². The van der Waals surface area contributed by atoms with Gasteiger partial charge < -0.3 is 15.0 Å². The Morgan fingerprint density at radius 2 is 2.18 bits per heavy atom. The first-order valence-electron chi connectivity index (χ1n) is 8.03. The third-order valence-electron chi connectivity index (χ3n) is 4.67. The maximum atomic E-state index is 12.1. The van der Waals surface area contributed by atoms with Crippen LogP contribution in [0.4, 0.5) is 5.95 Å². The summed E-state index contributed by atoms with van der Waals surface area (Å²) in [4.78, 5) is 23.2. The molecule has 3 heterocycles. The molecule has 0 spiro atoms. The topological polar surface area (TPSA) is 67.4 Å². The van der Waals surface area contributed by atoms with Crippen LogP contribution in [-0.2, 0) is 21.6 Å². The molecule has 1 saturated heterocycles. The molecule has 22 heavy (non-hydrogen) atoms. The molecule has 0 unspecified atom stereocenters. The molecule has 1 N–H and O–H groups in total. The number of anilines is 1. The number of nitrogens with one attached hydrogen (secondary N) is 1. The standard InChI is InChI=1S/C16H24N4O2/c1-4-14(21)20-10-13-12(16(20,2)3)9-17-15(19-13)18-11-5-7-22-8-6-11/h9,11H,4-8,10H2,1-3H3,(H,17,18,19). The Bertz CT molecular complexity index is 567. The van der Waals surface area contributed by atoms with Gasteiger partial charge in [-0.05, 0) is 26.7 Å². The lowest BCUT2D eigenvalue weighted by Crippen LogP contribution is -2.39. The first kappa shape index (κ1) is 15.2. The Balaban J connectivity index is 1.79. The summed E-state index contributed by atoms with van der Waals surface area (Å²) in [6.45, 7) is 8.15. The quantitative estimate of drug-likeness (QED) is 0.926. The number of fused-ring (bicyclic) bond motifs is 1. The summed E-state index contributed by atoms with van der Waals surface area (Å²) in [5.74, 6) is 0.814. The normalized spacial score (nSPS) is 20.8. The van der Waals surface area contributed by atoms with E-state index < -0.39 is 0 Å². The number of aromatic nitrogens is 2. The van der Waals surface area contributed by atoms with E-state index in [1.807, 2.05) is 18.0 Å². The van der Waals surface area contributed by atoms with Gasteiger partial charge in [-0.25, -0.2) is 9.97 Å². The number of nitrogens with zero attached hydrogens (tertiary/aromatic N) is 3. The van der Waals surface area contributed by atoms with Crippen LogP contribution in [0.3, 0.4) is 0 Å². The molecule has 1 aromatic heterocycles. The molecule has 3 rings (SSSR count). The zero-order valence-electron chi connectivity index (χ0n) is 13.6. The van der Waals surface area contributed by atoms with E-state index in [-0.39, 0.29) is 11.4 Å². The predicted octanol–water partition coefficient (Wildman–Crippen LogP) is 2.05. The first-order valence-corrected chi connectivity index (χ1v) is 8.03. The van der Waals surface area contributed by atoms with E-state index in [1.54, 1.807) is 0 Å². The van der Waals surface area contributed by atoms with E-state index >= 15 is 0 Å². The van der Waals surface area contributed by atoms with Crippen molar-refractivity contribution in [2.24, 2.45) is 0 Å². The van der Waals surface area contributed by atoms with Crippen molar-refractivity contribution in [3.05, 3.63) is 17.5 Å². The molecule has 120 valence electrons. The van der Waals surface area contributed by atoms with Crippen molar-refractivity contribution in [2.75, 3.05) is 18.5 Å². The summed E-state index contributed by atoms with van der Waals surface area (Å²) in [5.41, 5.74) is 1.67. The van der Waals surface area contributed by atoms with E-state index in [2.05, 4.69) is 29.1 Å². The van der Waals surface area contributed by atoms with Gasteiger partial charge in [-0.2, -0.15) is 0 Å². The van der Waals surface area contributed by atoms with Crippen LogP contribution < -0.4 is 5.32 Å². The highest BCUT2D eigenvalue weighted by molar-refractivity contribution is 5.77. The fourth-order valence-electron chi connectivity index (χ4n) is 3.23. The highest BCUT2D eigenvalue weighted by atomic mass is 16.5. The van der Waals surface area contributed by atoms with Gasteiger partial charge in [-0.15, -0.1) is 0 Å². The number of carbonyl (C=O) groups excluding carboxylic acids is 1. The first-order chi connectivity index (χ1) is 10.5. The molecular formula is C16H24N4O2. The third kappa shape index (κ3) is 2.67. The van der Waals surface area contributed by atoms with Crippen LogP contribution in [0.25, 0.3) is 0 Å². The molecular weight excluding hydrogens is 280 g/mol. The molecule has 2 aliphatic rings. The zero-order valence-corrected chi connectivity index (χ0v) is 13.6. The van der Waals surface area contributed by atoms with Crippen LogP contribution in [0, 0.1) is 0 Å². The highest BCUT2D eigenvalue weighted by Gasteiger charge is 2.41. The SMILES string of the molecule is CCC(=O)N1Cc2nc(NC3CCOCC3)ncc2C1(C)C. The number of amides is 1. The second-order valence-corrected chi connectivity index (χ2v) is 6.48. The van der Waals surface area contributed by atoms with Crippen LogP contribution in [0.15, 0.2) is 6.20 Å². The summed E-state index contributed by atoms with van der Waals surface area (Å²) < 4.78 is 5.37. The van der Waals surface area contributed by atoms with Crippen molar-refractivity contribution in [3.63, 3.8) is 0 Å².